The van der Waals surface area contributed by atoms with Gasteiger partial charge in [0, 0.05) is 30.2 Å². The molecular formula is C18H20N6. The number of benzene rings is 1. The van der Waals surface area contributed by atoms with E-state index in [0.29, 0.717) is 0 Å². The highest BCUT2D eigenvalue weighted by atomic mass is 15.3. The number of rotatable bonds is 4. The number of fused-ring (bicyclic) bond motifs is 1. The van der Waals surface area contributed by atoms with Gasteiger partial charge in [0.1, 0.15) is 0 Å². The monoisotopic (exact) mass is 320 g/mol. The standard InChI is InChI=1S/C18H20N6/c1-4-24-13(3)14(12(2)22-24)11-23-10-9-19-18(23)17-20-15-7-5-6-8-16(15)21-17/h5-10H,4,11H2,1-3H3,(H,20,21). The van der Waals surface area contributed by atoms with Crippen molar-refractivity contribution in [2.45, 2.75) is 33.9 Å². The van der Waals surface area contributed by atoms with Crippen LogP contribution >= 0.6 is 0 Å². The maximum Gasteiger partial charge on any atom is 0.176 e. The van der Waals surface area contributed by atoms with Gasteiger partial charge in [0.15, 0.2) is 11.6 Å². The summed E-state index contributed by atoms with van der Waals surface area (Å²) in [4.78, 5) is 12.5. The van der Waals surface area contributed by atoms with Crippen molar-refractivity contribution in [3.8, 4) is 11.6 Å². The minimum atomic E-state index is 0.740. The Bertz CT molecular complexity index is 971. The molecule has 0 saturated carbocycles. The molecule has 0 fully saturated rings. The van der Waals surface area contributed by atoms with E-state index in [1.165, 1.54) is 11.3 Å². The van der Waals surface area contributed by atoms with Crippen LogP contribution in [-0.2, 0) is 13.1 Å². The molecule has 0 bridgehead atoms. The van der Waals surface area contributed by atoms with Crippen molar-refractivity contribution in [3.63, 3.8) is 0 Å². The number of nitrogens with one attached hydrogen (secondary N) is 1. The summed E-state index contributed by atoms with van der Waals surface area (Å²) in [5, 5.41) is 4.61. The third-order valence-corrected chi connectivity index (χ3v) is 4.48. The molecule has 1 N–H and O–H groups in total. The number of H-pyrrole nitrogens is 1. The van der Waals surface area contributed by atoms with Gasteiger partial charge in [-0.1, -0.05) is 12.1 Å². The molecule has 0 amide bonds. The summed E-state index contributed by atoms with van der Waals surface area (Å²) in [6.45, 7) is 7.92. The van der Waals surface area contributed by atoms with Crippen LogP contribution in [0.25, 0.3) is 22.7 Å². The van der Waals surface area contributed by atoms with Crippen LogP contribution in [0.1, 0.15) is 23.9 Å². The lowest BCUT2D eigenvalue weighted by Gasteiger charge is -2.07. The first-order valence-electron chi connectivity index (χ1n) is 8.16. The second-order valence-corrected chi connectivity index (χ2v) is 5.95. The molecule has 0 unspecified atom stereocenters. The summed E-state index contributed by atoms with van der Waals surface area (Å²) < 4.78 is 4.16. The van der Waals surface area contributed by atoms with E-state index < -0.39 is 0 Å². The number of hydrogen-bond donors (Lipinski definition) is 1. The predicted molar refractivity (Wildman–Crippen MR) is 93.8 cm³/mol. The van der Waals surface area contributed by atoms with Gasteiger partial charge in [0.25, 0.3) is 0 Å². The van der Waals surface area contributed by atoms with E-state index in [1.54, 1.807) is 0 Å². The maximum absolute atomic E-state index is 4.66. The lowest BCUT2D eigenvalue weighted by Crippen LogP contribution is -2.05. The lowest BCUT2D eigenvalue weighted by molar-refractivity contribution is 0.632. The topological polar surface area (TPSA) is 64.3 Å². The van der Waals surface area contributed by atoms with Crippen molar-refractivity contribution in [2.75, 3.05) is 0 Å². The molecule has 0 aliphatic rings. The molecule has 1 aromatic carbocycles. The smallest absolute Gasteiger partial charge is 0.176 e. The SMILES string of the molecule is CCn1nc(C)c(Cn2ccnc2-c2nc3ccccc3[nH]2)c1C. The molecule has 24 heavy (non-hydrogen) atoms. The van der Waals surface area contributed by atoms with Crippen LogP contribution in [0.4, 0.5) is 0 Å². The third-order valence-electron chi connectivity index (χ3n) is 4.48. The molecule has 0 radical (unpaired) electrons. The zero-order chi connectivity index (χ0) is 16.7. The van der Waals surface area contributed by atoms with E-state index in [1.807, 2.05) is 41.3 Å². The molecule has 0 saturated heterocycles. The van der Waals surface area contributed by atoms with Crippen LogP contribution in [0.3, 0.4) is 0 Å². The molecule has 0 aliphatic carbocycles. The summed E-state index contributed by atoms with van der Waals surface area (Å²) in [5.41, 5.74) is 5.49. The molecule has 3 aromatic heterocycles. The first-order chi connectivity index (χ1) is 11.7. The predicted octanol–water partition coefficient (Wildman–Crippen LogP) is 3.31. The normalized spacial score (nSPS) is 11.5. The van der Waals surface area contributed by atoms with Crippen LogP contribution < -0.4 is 0 Å². The molecule has 3 heterocycles. The molecule has 0 spiro atoms. The van der Waals surface area contributed by atoms with Gasteiger partial charge >= 0.3 is 0 Å². The average molecular weight is 320 g/mol. The van der Waals surface area contributed by atoms with E-state index in [-0.39, 0.29) is 0 Å². The van der Waals surface area contributed by atoms with Gasteiger partial charge in [-0.15, -0.1) is 0 Å². The number of para-hydroxylation sites is 2. The highest BCUT2D eigenvalue weighted by molar-refractivity contribution is 5.78. The first kappa shape index (κ1) is 14.7. The van der Waals surface area contributed by atoms with Gasteiger partial charge in [-0.2, -0.15) is 5.10 Å². The highest BCUT2D eigenvalue weighted by Crippen LogP contribution is 2.21. The van der Waals surface area contributed by atoms with E-state index in [4.69, 9.17) is 0 Å². The van der Waals surface area contributed by atoms with Gasteiger partial charge < -0.3 is 9.55 Å². The second kappa shape index (κ2) is 5.63. The minimum Gasteiger partial charge on any atom is -0.335 e. The van der Waals surface area contributed by atoms with Crippen LogP contribution in [0, 0.1) is 13.8 Å². The Labute approximate surface area is 140 Å². The number of aromatic nitrogens is 6. The Morgan fingerprint density at radius 2 is 2.00 bits per heavy atom. The number of aromatic amines is 1. The summed E-state index contributed by atoms with van der Waals surface area (Å²) in [6, 6.07) is 8.02. The average Bonchev–Trinajstić information content (AvgIpc) is 3.27. The lowest BCUT2D eigenvalue weighted by atomic mass is 10.2. The zero-order valence-electron chi connectivity index (χ0n) is 14.1. The fourth-order valence-corrected chi connectivity index (χ4v) is 3.15. The molecule has 0 aliphatic heterocycles. The van der Waals surface area contributed by atoms with E-state index >= 15 is 0 Å². The van der Waals surface area contributed by atoms with E-state index in [0.717, 1.165) is 41.5 Å². The Morgan fingerprint density at radius 1 is 1.17 bits per heavy atom. The Hall–Kier alpha value is -2.89. The minimum absolute atomic E-state index is 0.740. The Balaban J connectivity index is 1.74. The zero-order valence-corrected chi connectivity index (χ0v) is 14.1. The van der Waals surface area contributed by atoms with Crippen molar-refractivity contribution in [1.29, 1.82) is 0 Å². The number of hydrogen-bond acceptors (Lipinski definition) is 3. The van der Waals surface area contributed by atoms with Crippen LogP contribution in [0.2, 0.25) is 0 Å². The number of imidazole rings is 2. The number of nitrogens with zero attached hydrogens (tertiary/aromatic N) is 5. The summed E-state index contributed by atoms with van der Waals surface area (Å²) in [7, 11) is 0. The molecule has 4 rings (SSSR count). The Morgan fingerprint density at radius 3 is 2.75 bits per heavy atom. The van der Waals surface area contributed by atoms with Gasteiger partial charge in [-0.3, -0.25) is 4.68 Å². The van der Waals surface area contributed by atoms with Crippen molar-refractivity contribution in [1.82, 2.24) is 29.3 Å². The van der Waals surface area contributed by atoms with E-state index in [9.17, 15) is 0 Å². The fraction of sp³-hybridized carbons (Fsp3) is 0.278. The molecule has 6 heteroatoms. The quantitative estimate of drug-likeness (QED) is 0.627. The van der Waals surface area contributed by atoms with Gasteiger partial charge in [0.2, 0.25) is 0 Å². The molecule has 0 atom stereocenters. The van der Waals surface area contributed by atoms with Crippen molar-refractivity contribution in [3.05, 3.63) is 53.6 Å². The van der Waals surface area contributed by atoms with Gasteiger partial charge in [-0.25, -0.2) is 9.97 Å². The Kier molecular flexibility index (Phi) is 3.45. The van der Waals surface area contributed by atoms with Crippen molar-refractivity contribution >= 4 is 11.0 Å². The second-order valence-electron chi connectivity index (χ2n) is 5.95. The van der Waals surface area contributed by atoms with Crippen LogP contribution in [0.15, 0.2) is 36.7 Å². The molecule has 6 nitrogen and oxygen atoms in total. The highest BCUT2D eigenvalue weighted by Gasteiger charge is 2.15. The van der Waals surface area contributed by atoms with E-state index in [2.05, 4.69) is 45.4 Å². The fourth-order valence-electron chi connectivity index (χ4n) is 3.15. The molecular weight excluding hydrogens is 300 g/mol. The summed E-state index contributed by atoms with van der Waals surface area (Å²) in [5.74, 6) is 1.63. The maximum atomic E-state index is 4.66. The molecule has 4 aromatic rings. The third kappa shape index (κ3) is 2.31. The van der Waals surface area contributed by atoms with Crippen molar-refractivity contribution in [2.24, 2.45) is 0 Å². The summed E-state index contributed by atoms with van der Waals surface area (Å²) >= 11 is 0. The number of aryl methyl sites for hydroxylation is 2. The largest absolute Gasteiger partial charge is 0.335 e. The summed E-state index contributed by atoms with van der Waals surface area (Å²) in [6.07, 6.45) is 3.81. The van der Waals surface area contributed by atoms with Gasteiger partial charge in [0.05, 0.1) is 23.3 Å². The van der Waals surface area contributed by atoms with Crippen molar-refractivity contribution < 1.29 is 0 Å². The molecule has 122 valence electrons. The van der Waals surface area contributed by atoms with Gasteiger partial charge in [-0.05, 0) is 32.9 Å². The van der Waals surface area contributed by atoms with Crippen LogP contribution in [0.5, 0.6) is 0 Å². The first-order valence-corrected chi connectivity index (χ1v) is 8.16. The van der Waals surface area contributed by atoms with Crippen LogP contribution in [-0.4, -0.2) is 29.3 Å².